The number of carboxylic acids is 1. The highest BCUT2D eigenvalue weighted by molar-refractivity contribution is 6.02. The molecule has 2 aromatic heterocycles. The molecule has 10 nitrogen and oxygen atoms in total. The van der Waals surface area contributed by atoms with E-state index in [1.54, 1.807) is 0 Å². The highest BCUT2D eigenvalue weighted by Crippen LogP contribution is 2.40. The Morgan fingerprint density at radius 3 is 2.25 bits per heavy atom. The molecule has 48 heavy (non-hydrogen) atoms. The van der Waals surface area contributed by atoms with Crippen LogP contribution in [0.2, 0.25) is 0 Å². The summed E-state index contributed by atoms with van der Waals surface area (Å²) in [7, 11) is 1.10. The topological polar surface area (TPSA) is 121 Å². The zero-order valence-corrected chi connectivity index (χ0v) is 27.0. The molecule has 1 atom stereocenters. The molecule has 4 heterocycles. The Bertz CT molecular complexity index is 1590. The number of ether oxygens (including phenoxy) is 1. The Labute approximate surface area is 283 Å². The van der Waals surface area contributed by atoms with Gasteiger partial charge in [-0.15, -0.1) is 24.8 Å². The predicted molar refractivity (Wildman–Crippen MR) is 168 cm³/mol. The first-order chi connectivity index (χ1) is 21.7. The molecule has 0 bridgehead atoms. The summed E-state index contributed by atoms with van der Waals surface area (Å²) in [5.74, 6) is -1.99. The van der Waals surface area contributed by atoms with Crippen molar-refractivity contribution in [2.75, 3.05) is 37.0 Å². The van der Waals surface area contributed by atoms with Gasteiger partial charge in [-0.1, -0.05) is 6.07 Å². The average molecular weight is 726 g/mol. The molecule has 2 aliphatic rings. The number of likely N-dealkylation sites (tertiary alicyclic amines) is 1. The molecule has 2 fully saturated rings. The molecular weight excluding hydrogens is 693 g/mol. The zero-order chi connectivity index (χ0) is 33.2. The van der Waals surface area contributed by atoms with Crippen molar-refractivity contribution in [3.8, 4) is 16.9 Å². The number of aromatic nitrogens is 3. The minimum Gasteiger partial charge on any atom is -0.496 e. The Balaban J connectivity index is 0.00000312. The summed E-state index contributed by atoms with van der Waals surface area (Å²) in [6.45, 7) is 0.785. The van der Waals surface area contributed by atoms with Gasteiger partial charge in [-0.05, 0) is 61.6 Å². The highest BCUT2D eigenvalue weighted by Gasteiger charge is 2.46. The fourth-order valence-corrected chi connectivity index (χ4v) is 5.80. The third kappa shape index (κ3) is 8.76. The molecule has 0 spiro atoms. The van der Waals surface area contributed by atoms with Gasteiger partial charge in [0.25, 0.3) is 5.91 Å². The molecule has 3 aromatic rings. The molecule has 0 aliphatic carbocycles. The van der Waals surface area contributed by atoms with Crippen LogP contribution >= 0.6 is 24.8 Å². The number of nitrogens with one attached hydrogen (secondary N) is 1. The summed E-state index contributed by atoms with van der Waals surface area (Å²) in [5, 5.41) is 11.7. The number of anilines is 2. The molecule has 2 aliphatic heterocycles. The fourth-order valence-electron chi connectivity index (χ4n) is 5.80. The lowest BCUT2D eigenvalue weighted by Crippen LogP contribution is -2.40. The van der Waals surface area contributed by atoms with E-state index in [0.29, 0.717) is 38.2 Å². The summed E-state index contributed by atoms with van der Waals surface area (Å²) in [5.41, 5.74) is -0.692. The minimum atomic E-state index is -4.76. The Hall–Kier alpha value is -3.89. The first-order valence-electron chi connectivity index (χ1n) is 14.4. The van der Waals surface area contributed by atoms with Crippen LogP contribution in [-0.4, -0.2) is 75.8 Å². The number of pyridine rings is 1. The first-order valence-corrected chi connectivity index (χ1v) is 14.4. The molecule has 5 rings (SSSR count). The molecule has 262 valence electrons. The molecule has 2 saturated heterocycles. The minimum absolute atomic E-state index is 0. The smallest absolute Gasteiger partial charge is 0.419 e. The number of alkyl halides is 6. The quantitative estimate of drug-likeness (QED) is 0.251. The molecule has 0 radical (unpaired) electrons. The van der Waals surface area contributed by atoms with Gasteiger partial charge in [0, 0.05) is 31.4 Å². The number of amides is 1. The van der Waals surface area contributed by atoms with Crippen LogP contribution in [0.5, 0.6) is 5.75 Å². The van der Waals surface area contributed by atoms with Gasteiger partial charge in [0.1, 0.15) is 29.1 Å². The highest BCUT2D eigenvalue weighted by atomic mass is 35.5. The number of aliphatic carboxylic acids is 1. The average Bonchev–Trinajstić information content (AvgIpc) is 3.50. The van der Waals surface area contributed by atoms with Crippen molar-refractivity contribution in [1.82, 2.24) is 19.9 Å². The van der Waals surface area contributed by atoms with Gasteiger partial charge < -0.3 is 20.1 Å². The van der Waals surface area contributed by atoms with Crippen molar-refractivity contribution in [2.24, 2.45) is 5.92 Å². The van der Waals surface area contributed by atoms with E-state index in [-0.39, 0.29) is 72.5 Å². The number of hydrogen-bond donors (Lipinski definition) is 2. The largest absolute Gasteiger partial charge is 0.496 e. The number of piperidine rings is 1. The third-order valence-corrected chi connectivity index (χ3v) is 8.20. The number of methoxy groups -OCH3 is 1. The van der Waals surface area contributed by atoms with Crippen LogP contribution in [0, 0.1) is 5.92 Å². The van der Waals surface area contributed by atoms with Gasteiger partial charge in [0.2, 0.25) is 0 Å². The standard InChI is InChI=1S/C30H30F6N6O4.2ClH/c1-46-23-5-4-18(11-21(23)29(31,32)33)20-13-38-25(12-19(20)16-42-8-2-3-24(42)30(34,35)36)40-27(43)22-14-39-26(15-37-22)41-9-6-17(7-10-41)28(44)45;;/h4-5,11-15,17,24H,2-3,6-10,16H2,1H3,(H,44,45)(H,38,40,43);2*1H/t24-;;/m0../s1. The van der Waals surface area contributed by atoms with E-state index < -0.39 is 47.5 Å². The summed E-state index contributed by atoms with van der Waals surface area (Å²) in [6.07, 6.45) is -4.37. The van der Waals surface area contributed by atoms with Gasteiger partial charge in [-0.25, -0.2) is 15.0 Å². The van der Waals surface area contributed by atoms with Gasteiger partial charge in [-0.3, -0.25) is 14.5 Å². The predicted octanol–water partition coefficient (Wildman–Crippen LogP) is 6.49. The van der Waals surface area contributed by atoms with Crippen LogP contribution in [0.1, 0.15) is 47.3 Å². The number of carboxylic acid groups (broad SMARTS) is 1. The first kappa shape index (κ1) is 38.6. The van der Waals surface area contributed by atoms with E-state index in [9.17, 15) is 41.0 Å². The lowest BCUT2D eigenvalue weighted by atomic mass is 9.97. The maximum absolute atomic E-state index is 13.8. The van der Waals surface area contributed by atoms with Crippen LogP contribution in [0.15, 0.2) is 42.9 Å². The number of hydrogen-bond acceptors (Lipinski definition) is 8. The van der Waals surface area contributed by atoms with Crippen molar-refractivity contribution >= 4 is 48.3 Å². The van der Waals surface area contributed by atoms with Crippen molar-refractivity contribution in [3.63, 3.8) is 0 Å². The molecule has 1 amide bonds. The van der Waals surface area contributed by atoms with E-state index in [0.717, 1.165) is 19.2 Å². The SMILES string of the molecule is COc1ccc(-c2cnc(NC(=O)c3cnc(N4CCC(C(=O)O)CC4)cn3)cc2CN2CCC[C@H]2C(F)(F)F)cc1C(F)(F)F.Cl.Cl. The monoisotopic (exact) mass is 724 g/mol. The Morgan fingerprint density at radius 1 is 0.958 bits per heavy atom. The third-order valence-electron chi connectivity index (χ3n) is 8.20. The Kier molecular flexibility index (Phi) is 12.5. The molecule has 0 unspecified atom stereocenters. The summed E-state index contributed by atoms with van der Waals surface area (Å²) >= 11 is 0. The molecule has 2 N–H and O–H groups in total. The lowest BCUT2D eigenvalue weighted by molar-refractivity contribution is -0.177. The zero-order valence-electron chi connectivity index (χ0n) is 25.3. The van der Waals surface area contributed by atoms with E-state index in [1.165, 1.54) is 35.6 Å². The number of carbonyl (C=O) groups excluding carboxylic acids is 1. The van der Waals surface area contributed by atoms with E-state index in [4.69, 9.17) is 4.74 Å². The normalized spacial score (nSPS) is 17.3. The molecule has 0 saturated carbocycles. The van der Waals surface area contributed by atoms with E-state index in [1.807, 2.05) is 4.90 Å². The number of benzene rings is 1. The molecule has 18 heteroatoms. The van der Waals surface area contributed by atoms with Crippen molar-refractivity contribution in [1.29, 1.82) is 0 Å². The van der Waals surface area contributed by atoms with Gasteiger partial charge in [0.05, 0.1) is 31.0 Å². The van der Waals surface area contributed by atoms with Crippen molar-refractivity contribution < 1.29 is 45.8 Å². The van der Waals surface area contributed by atoms with Gasteiger partial charge >= 0.3 is 18.3 Å². The second-order valence-electron chi connectivity index (χ2n) is 11.1. The molecular formula is C30H32Cl2F6N6O4. The van der Waals surface area contributed by atoms with Crippen LogP contribution in [0.3, 0.4) is 0 Å². The van der Waals surface area contributed by atoms with Crippen LogP contribution < -0.4 is 15.0 Å². The van der Waals surface area contributed by atoms with Crippen LogP contribution in [0.4, 0.5) is 38.0 Å². The molecule has 1 aromatic carbocycles. The summed E-state index contributed by atoms with van der Waals surface area (Å²) < 4.78 is 87.4. The maximum atomic E-state index is 13.8. The maximum Gasteiger partial charge on any atom is 0.419 e. The number of rotatable bonds is 8. The number of carbonyl (C=O) groups is 2. The second-order valence-corrected chi connectivity index (χ2v) is 11.1. The second kappa shape index (κ2) is 15.6. The van der Waals surface area contributed by atoms with Gasteiger partial charge in [0.15, 0.2) is 0 Å². The Morgan fingerprint density at radius 2 is 1.67 bits per heavy atom. The number of nitrogens with zero attached hydrogens (tertiary/aromatic N) is 5. The summed E-state index contributed by atoms with van der Waals surface area (Å²) in [6, 6.07) is 2.95. The fraction of sp³-hybridized carbons (Fsp3) is 0.433. The van der Waals surface area contributed by atoms with Gasteiger partial charge in [-0.2, -0.15) is 26.3 Å². The van der Waals surface area contributed by atoms with Crippen LogP contribution in [0.25, 0.3) is 11.1 Å². The van der Waals surface area contributed by atoms with Crippen molar-refractivity contribution in [2.45, 2.75) is 50.6 Å². The van der Waals surface area contributed by atoms with Crippen LogP contribution in [-0.2, 0) is 17.5 Å². The van der Waals surface area contributed by atoms with E-state index >= 15 is 0 Å². The lowest BCUT2D eigenvalue weighted by Gasteiger charge is -2.30. The summed E-state index contributed by atoms with van der Waals surface area (Å²) in [4.78, 5) is 39.9. The van der Waals surface area contributed by atoms with E-state index in [2.05, 4.69) is 20.3 Å². The van der Waals surface area contributed by atoms with Crippen molar-refractivity contribution in [3.05, 3.63) is 59.7 Å². The number of halogens is 8.